The molecule has 1 aromatic heterocycles. The lowest BCUT2D eigenvalue weighted by atomic mass is 10.1. The van der Waals surface area contributed by atoms with Crippen LogP contribution in [0.15, 0.2) is 27.8 Å². The molecule has 3 rings (SSSR count). The van der Waals surface area contributed by atoms with Crippen LogP contribution in [0, 0.1) is 0 Å². The zero-order valence-corrected chi connectivity index (χ0v) is 17.7. The molecule has 2 saturated heterocycles. The van der Waals surface area contributed by atoms with Crippen molar-refractivity contribution in [1.29, 1.82) is 0 Å². The lowest BCUT2D eigenvalue weighted by Crippen LogP contribution is -2.50. The number of hydrogen-bond donors (Lipinski definition) is 2. The molecule has 0 aliphatic carbocycles. The third-order valence-corrected chi connectivity index (χ3v) is 5.58. The van der Waals surface area contributed by atoms with Crippen LogP contribution in [0.2, 0.25) is 0 Å². The number of carbonyl (C=O) groups excluding carboxylic acids is 1. The molecular weight excluding hydrogens is 370 g/mol. The van der Waals surface area contributed by atoms with Crippen LogP contribution in [0.25, 0.3) is 0 Å². The van der Waals surface area contributed by atoms with Crippen LogP contribution in [0.1, 0.15) is 51.3 Å². The molecule has 2 N–H and O–H groups in total. The van der Waals surface area contributed by atoms with Crippen LogP contribution in [0.3, 0.4) is 0 Å². The summed E-state index contributed by atoms with van der Waals surface area (Å²) in [5, 5.41) is 6.91. The van der Waals surface area contributed by atoms with Gasteiger partial charge >= 0.3 is 6.09 Å². The molecule has 1 amide bonds. The second-order valence-electron chi connectivity index (χ2n) is 7.60. The number of nitrogens with zero attached hydrogens (tertiary/aromatic N) is 3. The molecule has 1 aromatic rings. The Hall–Kier alpha value is -2.22. The van der Waals surface area contributed by atoms with Gasteiger partial charge in [-0.05, 0) is 64.8 Å². The molecule has 0 radical (unpaired) electrons. The fourth-order valence-electron chi connectivity index (χ4n) is 4.03. The SMILES string of the molecule is CCNC(=NCC(c1ccco1)N1CCCC1)NC1CCN(C(=O)OCC)CC1. The van der Waals surface area contributed by atoms with Crippen molar-refractivity contribution in [2.24, 2.45) is 4.99 Å². The van der Waals surface area contributed by atoms with E-state index in [0.717, 1.165) is 44.2 Å². The highest BCUT2D eigenvalue weighted by atomic mass is 16.6. The third kappa shape index (κ3) is 6.13. The van der Waals surface area contributed by atoms with E-state index >= 15 is 0 Å². The van der Waals surface area contributed by atoms with Crippen LogP contribution in [0.4, 0.5) is 4.79 Å². The van der Waals surface area contributed by atoms with Gasteiger partial charge in [-0.15, -0.1) is 0 Å². The molecule has 2 aliphatic heterocycles. The molecule has 2 aliphatic rings. The molecule has 1 unspecified atom stereocenters. The standard InChI is InChI=1S/C21H35N5O3/c1-3-22-20(24-17-9-13-26(14-10-17)21(27)28-4-2)23-16-18(19-8-7-15-29-19)25-11-5-6-12-25/h7-8,15,17-18H,3-6,9-14,16H2,1-2H3,(H2,22,23,24). The topological polar surface area (TPSA) is 82.3 Å². The fourth-order valence-corrected chi connectivity index (χ4v) is 4.03. The van der Waals surface area contributed by atoms with Crippen molar-refractivity contribution in [1.82, 2.24) is 20.4 Å². The number of nitrogens with one attached hydrogen (secondary N) is 2. The smallest absolute Gasteiger partial charge is 0.409 e. The maximum Gasteiger partial charge on any atom is 0.409 e. The quantitative estimate of drug-likeness (QED) is 0.536. The Morgan fingerprint density at radius 2 is 2.03 bits per heavy atom. The van der Waals surface area contributed by atoms with Crippen LogP contribution in [0.5, 0.6) is 0 Å². The number of furan rings is 1. The van der Waals surface area contributed by atoms with E-state index in [4.69, 9.17) is 14.1 Å². The summed E-state index contributed by atoms with van der Waals surface area (Å²) < 4.78 is 10.8. The lowest BCUT2D eigenvalue weighted by molar-refractivity contribution is 0.0963. The molecule has 162 valence electrons. The van der Waals surface area contributed by atoms with Crippen molar-refractivity contribution in [3.63, 3.8) is 0 Å². The summed E-state index contributed by atoms with van der Waals surface area (Å²) in [7, 11) is 0. The minimum absolute atomic E-state index is 0.175. The molecule has 0 spiro atoms. The summed E-state index contributed by atoms with van der Waals surface area (Å²) in [4.78, 5) is 21.0. The molecule has 8 nitrogen and oxygen atoms in total. The first-order valence-corrected chi connectivity index (χ1v) is 10.9. The Kier molecular flexibility index (Phi) is 8.22. The number of rotatable bonds is 7. The largest absolute Gasteiger partial charge is 0.468 e. The van der Waals surface area contributed by atoms with Crippen molar-refractivity contribution >= 4 is 12.1 Å². The minimum atomic E-state index is -0.210. The average molecular weight is 406 g/mol. The number of guanidine groups is 1. The number of piperidine rings is 1. The van der Waals surface area contributed by atoms with E-state index in [2.05, 4.69) is 22.5 Å². The van der Waals surface area contributed by atoms with Crippen molar-refractivity contribution in [3.8, 4) is 0 Å². The Morgan fingerprint density at radius 3 is 2.66 bits per heavy atom. The van der Waals surface area contributed by atoms with E-state index in [1.807, 2.05) is 19.1 Å². The molecule has 29 heavy (non-hydrogen) atoms. The van der Waals surface area contributed by atoms with Crippen molar-refractivity contribution in [3.05, 3.63) is 24.2 Å². The number of carbonyl (C=O) groups is 1. The second kappa shape index (κ2) is 11.1. The Bertz CT molecular complexity index is 635. The minimum Gasteiger partial charge on any atom is -0.468 e. The third-order valence-electron chi connectivity index (χ3n) is 5.58. The first-order chi connectivity index (χ1) is 14.2. The summed E-state index contributed by atoms with van der Waals surface area (Å²) in [6.45, 7) is 9.40. The van der Waals surface area contributed by atoms with Gasteiger partial charge in [0.2, 0.25) is 0 Å². The number of amides is 1. The first-order valence-electron chi connectivity index (χ1n) is 10.9. The summed E-state index contributed by atoms with van der Waals surface area (Å²) in [6, 6.07) is 4.47. The molecule has 0 bridgehead atoms. The molecule has 1 atom stereocenters. The Balaban J connectivity index is 1.57. The van der Waals surface area contributed by atoms with E-state index in [1.54, 1.807) is 11.2 Å². The maximum atomic E-state index is 11.9. The van der Waals surface area contributed by atoms with E-state index in [0.29, 0.717) is 32.3 Å². The Morgan fingerprint density at radius 1 is 1.28 bits per heavy atom. The van der Waals surface area contributed by atoms with Gasteiger partial charge in [0.05, 0.1) is 25.5 Å². The molecule has 3 heterocycles. The van der Waals surface area contributed by atoms with Crippen molar-refractivity contribution < 1.29 is 13.9 Å². The van der Waals surface area contributed by atoms with Gasteiger partial charge in [0.15, 0.2) is 5.96 Å². The van der Waals surface area contributed by atoms with Crippen molar-refractivity contribution in [2.45, 2.75) is 51.6 Å². The van der Waals surface area contributed by atoms with Gasteiger partial charge in [0.1, 0.15) is 5.76 Å². The number of hydrogen-bond acceptors (Lipinski definition) is 5. The van der Waals surface area contributed by atoms with E-state index in [-0.39, 0.29) is 12.1 Å². The van der Waals surface area contributed by atoms with Crippen molar-refractivity contribution in [2.75, 3.05) is 45.9 Å². The molecule has 8 heteroatoms. The summed E-state index contributed by atoms with van der Waals surface area (Å²) >= 11 is 0. The van der Waals surface area contributed by atoms with Gasteiger partial charge in [-0.3, -0.25) is 9.89 Å². The second-order valence-corrected chi connectivity index (χ2v) is 7.60. The van der Waals surface area contributed by atoms with Gasteiger partial charge in [0.25, 0.3) is 0 Å². The monoisotopic (exact) mass is 405 g/mol. The number of likely N-dealkylation sites (tertiary alicyclic amines) is 2. The fraction of sp³-hybridized carbons (Fsp3) is 0.714. The van der Waals surface area contributed by atoms with Crippen LogP contribution in [-0.2, 0) is 4.74 Å². The van der Waals surface area contributed by atoms with Gasteiger partial charge < -0.3 is 24.7 Å². The highest BCUT2D eigenvalue weighted by Gasteiger charge is 2.26. The van der Waals surface area contributed by atoms with Crippen LogP contribution < -0.4 is 10.6 Å². The van der Waals surface area contributed by atoms with Gasteiger partial charge in [-0.25, -0.2) is 4.79 Å². The summed E-state index contributed by atoms with van der Waals surface area (Å²) in [5.41, 5.74) is 0. The van der Waals surface area contributed by atoms with E-state index in [9.17, 15) is 4.79 Å². The zero-order valence-electron chi connectivity index (χ0n) is 17.7. The number of ether oxygens (including phenoxy) is 1. The summed E-state index contributed by atoms with van der Waals surface area (Å²) in [6.07, 6.45) is 5.77. The van der Waals surface area contributed by atoms with Gasteiger partial charge in [0, 0.05) is 25.7 Å². The summed E-state index contributed by atoms with van der Waals surface area (Å²) in [5.74, 6) is 1.81. The maximum absolute atomic E-state index is 11.9. The van der Waals surface area contributed by atoms with Crippen LogP contribution >= 0.6 is 0 Å². The molecule has 0 aromatic carbocycles. The highest BCUT2D eigenvalue weighted by molar-refractivity contribution is 5.80. The van der Waals surface area contributed by atoms with Gasteiger partial charge in [-0.1, -0.05) is 0 Å². The first kappa shape index (κ1) is 21.5. The molecular formula is C21H35N5O3. The van der Waals surface area contributed by atoms with Gasteiger partial charge in [-0.2, -0.15) is 0 Å². The van der Waals surface area contributed by atoms with E-state index < -0.39 is 0 Å². The van der Waals surface area contributed by atoms with E-state index in [1.165, 1.54) is 12.8 Å². The molecule has 0 saturated carbocycles. The highest BCUT2D eigenvalue weighted by Crippen LogP contribution is 2.25. The molecule has 2 fully saturated rings. The normalized spacial score (nSPS) is 19.9. The predicted molar refractivity (Wildman–Crippen MR) is 113 cm³/mol. The van der Waals surface area contributed by atoms with Crippen LogP contribution in [-0.4, -0.2) is 73.8 Å². The average Bonchev–Trinajstić information content (AvgIpc) is 3.44. The Labute approximate surface area is 173 Å². The lowest BCUT2D eigenvalue weighted by Gasteiger charge is -2.32. The predicted octanol–water partition coefficient (Wildman–Crippen LogP) is 2.59. The zero-order chi connectivity index (χ0) is 20.5. The number of aliphatic imine (C=N–C) groups is 1.